The van der Waals surface area contributed by atoms with E-state index in [9.17, 15) is 23.9 Å². The zero-order valence-corrected chi connectivity index (χ0v) is 28.1. The number of aromatic nitrogens is 6. The number of H-pyrrole nitrogens is 1. The van der Waals surface area contributed by atoms with E-state index in [2.05, 4.69) is 27.1 Å². The average molecular weight is 708 g/mol. The number of nitriles is 2. The minimum Gasteiger partial charge on any atom is -0.388 e. The monoisotopic (exact) mass is 707 g/mol. The van der Waals surface area contributed by atoms with Crippen LogP contribution in [0.3, 0.4) is 0 Å². The Morgan fingerprint density at radius 1 is 0.830 bits per heavy atom. The molecule has 7 aromatic rings. The first-order valence-electron chi connectivity index (χ1n) is 16.6. The van der Waals surface area contributed by atoms with Crippen LogP contribution in [0.4, 0.5) is 4.39 Å². The first-order chi connectivity index (χ1) is 25.7. The van der Waals surface area contributed by atoms with Crippen LogP contribution >= 0.6 is 0 Å². The lowest BCUT2D eigenvalue weighted by Gasteiger charge is -2.38. The van der Waals surface area contributed by atoms with Crippen LogP contribution in [0.5, 0.6) is 0 Å². The Balaban J connectivity index is 0.000000202. The largest absolute Gasteiger partial charge is 0.388 e. The Bertz CT molecular complexity index is 2690. The van der Waals surface area contributed by atoms with Crippen LogP contribution in [0.15, 0.2) is 120 Å². The van der Waals surface area contributed by atoms with Gasteiger partial charge in [-0.2, -0.15) is 10.5 Å². The van der Waals surface area contributed by atoms with Crippen molar-refractivity contribution >= 4 is 28.0 Å². The van der Waals surface area contributed by atoms with Gasteiger partial charge >= 0.3 is 0 Å². The summed E-state index contributed by atoms with van der Waals surface area (Å²) in [5, 5.41) is 30.1. The van der Waals surface area contributed by atoms with E-state index in [1.807, 2.05) is 12.1 Å². The fourth-order valence-electron chi connectivity index (χ4n) is 6.37. The molecular weight excluding hydrogens is 677 g/mol. The standard InChI is InChI=1S/C26H22FN5O3.C13H8N4O/c27-20-6-4-19(5-7-20)24(33)30-12-9-26(35,10-13-30)16-31-17-29-23-22(25(31)34)8-11-32(23)21-3-1-2-18(14-21)15-28;14-7-9-2-1-3-10(6-9)17-5-4-11-12(17)15-8-16-13(11)18/h1-8,11,14,17,35H,9-10,12-13,16H2;1-6,8H,(H,15,16,18). The molecule has 53 heavy (non-hydrogen) atoms. The van der Waals surface area contributed by atoms with E-state index in [4.69, 9.17) is 10.5 Å². The summed E-state index contributed by atoms with van der Waals surface area (Å²) in [5.41, 5.74) is 2.43. The highest BCUT2D eigenvalue weighted by molar-refractivity contribution is 5.94. The summed E-state index contributed by atoms with van der Waals surface area (Å²) in [6, 6.07) is 27.1. The van der Waals surface area contributed by atoms with Crippen LogP contribution in [0.1, 0.15) is 34.3 Å². The van der Waals surface area contributed by atoms with Crippen molar-refractivity contribution in [3.63, 3.8) is 0 Å². The maximum Gasteiger partial charge on any atom is 0.262 e. The third-order valence-electron chi connectivity index (χ3n) is 9.20. The van der Waals surface area contributed by atoms with Gasteiger partial charge in [0.05, 0.1) is 52.5 Å². The fourth-order valence-corrected chi connectivity index (χ4v) is 6.37. The maximum atomic E-state index is 13.1. The molecule has 0 aliphatic carbocycles. The Kier molecular flexibility index (Phi) is 9.20. The predicted octanol–water partition coefficient (Wildman–Crippen LogP) is 4.45. The number of halogens is 1. The maximum absolute atomic E-state index is 13.1. The number of hydrogen-bond acceptors (Lipinski definition) is 8. The van der Waals surface area contributed by atoms with Crippen molar-refractivity contribution in [1.29, 1.82) is 10.5 Å². The average Bonchev–Trinajstić information content (AvgIpc) is 3.83. The molecule has 0 atom stereocenters. The molecule has 0 radical (unpaired) electrons. The highest BCUT2D eigenvalue weighted by atomic mass is 19.1. The van der Waals surface area contributed by atoms with Gasteiger partial charge in [-0.05, 0) is 85.6 Å². The number of carbonyl (C=O) groups is 1. The first kappa shape index (κ1) is 34.3. The molecule has 1 saturated heterocycles. The van der Waals surface area contributed by atoms with E-state index >= 15 is 0 Å². The number of aliphatic hydroxyl groups is 1. The van der Waals surface area contributed by atoms with E-state index in [-0.39, 0.29) is 23.6 Å². The lowest BCUT2D eigenvalue weighted by molar-refractivity contribution is -0.0299. The number of nitrogens with one attached hydrogen (secondary N) is 1. The number of nitrogens with zero attached hydrogens (tertiary/aromatic N) is 8. The zero-order valence-electron chi connectivity index (χ0n) is 28.1. The SMILES string of the molecule is N#Cc1cccc(-n2ccc3c(=O)[nH]cnc32)c1.N#Cc1cccc(-n2ccc3c(=O)n(CC4(O)CCN(C(=O)c5ccc(F)cc5)CC4)cnc32)c1. The van der Waals surface area contributed by atoms with Crippen LogP contribution in [-0.2, 0) is 6.54 Å². The molecule has 13 nitrogen and oxygen atoms in total. The van der Waals surface area contributed by atoms with Crippen molar-refractivity contribution in [2.24, 2.45) is 0 Å². The number of hydrogen-bond donors (Lipinski definition) is 2. The number of piperidine rings is 1. The highest BCUT2D eigenvalue weighted by Gasteiger charge is 2.35. The number of benzene rings is 3. The Morgan fingerprint density at radius 2 is 1.42 bits per heavy atom. The molecule has 2 N–H and O–H groups in total. The molecule has 1 fully saturated rings. The molecule has 262 valence electrons. The molecule has 0 bridgehead atoms. The van der Waals surface area contributed by atoms with Gasteiger partial charge in [-0.25, -0.2) is 14.4 Å². The summed E-state index contributed by atoms with van der Waals surface area (Å²) in [5.74, 6) is -0.620. The quantitative estimate of drug-likeness (QED) is 0.264. The van der Waals surface area contributed by atoms with Gasteiger partial charge < -0.3 is 24.1 Å². The van der Waals surface area contributed by atoms with Crippen molar-refractivity contribution in [1.82, 2.24) is 33.6 Å². The Hall–Kier alpha value is -7.16. The minimum absolute atomic E-state index is 0.0580. The summed E-state index contributed by atoms with van der Waals surface area (Å²) in [6.45, 7) is 0.702. The van der Waals surface area contributed by atoms with Gasteiger partial charge in [0.1, 0.15) is 12.1 Å². The molecule has 3 aromatic carbocycles. The van der Waals surface area contributed by atoms with Crippen LogP contribution in [0, 0.1) is 28.5 Å². The van der Waals surface area contributed by atoms with Crippen LogP contribution in [0.25, 0.3) is 33.4 Å². The molecular formula is C39H30FN9O4. The predicted molar refractivity (Wildman–Crippen MR) is 193 cm³/mol. The molecule has 0 spiro atoms. The Labute approximate surface area is 300 Å². The topological polar surface area (TPSA) is 179 Å². The number of fused-ring (bicyclic) bond motifs is 2. The second kappa shape index (κ2) is 14.2. The van der Waals surface area contributed by atoms with E-state index in [0.29, 0.717) is 64.7 Å². The summed E-state index contributed by atoms with van der Waals surface area (Å²) in [6.07, 6.45) is 6.88. The number of aromatic amines is 1. The smallest absolute Gasteiger partial charge is 0.262 e. The Morgan fingerprint density at radius 3 is 2.02 bits per heavy atom. The van der Waals surface area contributed by atoms with E-state index < -0.39 is 11.4 Å². The van der Waals surface area contributed by atoms with Gasteiger partial charge in [0.25, 0.3) is 17.0 Å². The summed E-state index contributed by atoms with van der Waals surface area (Å²) >= 11 is 0. The molecule has 1 amide bonds. The van der Waals surface area contributed by atoms with Gasteiger partial charge in [0.15, 0.2) is 11.3 Å². The van der Waals surface area contributed by atoms with Crippen molar-refractivity contribution < 1.29 is 14.3 Å². The second-order valence-electron chi connectivity index (χ2n) is 12.6. The van der Waals surface area contributed by atoms with Crippen molar-refractivity contribution in [2.45, 2.75) is 25.0 Å². The first-order valence-corrected chi connectivity index (χ1v) is 16.6. The van der Waals surface area contributed by atoms with Gasteiger partial charge in [-0.3, -0.25) is 19.0 Å². The molecule has 8 rings (SSSR count). The third-order valence-corrected chi connectivity index (χ3v) is 9.20. The fraction of sp³-hybridized carbons (Fsp3) is 0.154. The van der Waals surface area contributed by atoms with Crippen LogP contribution in [-0.4, -0.2) is 63.3 Å². The lowest BCUT2D eigenvalue weighted by atomic mass is 9.91. The molecule has 1 aliphatic rings. The summed E-state index contributed by atoms with van der Waals surface area (Å²) < 4.78 is 18.1. The van der Waals surface area contributed by atoms with E-state index in [1.165, 1.54) is 41.5 Å². The van der Waals surface area contributed by atoms with Crippen molar-refractivity contribution in [2.75, 3.05) is 13.1 Å². The van der Waals surface area contributed by atoms with Crippen molar-refractivity contribution in [3.8, 4) is 23.5 Å². The molecule has 5 heterocycles. The number of carbonyl (C=O) groups excluding carboxylic acids is 1. The third kappa shape index (κ3) is 6.95. The molecule has 1 aliphatic heterocycles. The highest BCUT2D eigenvalue weighted by Crippen LogP contribution is 2.26. The zero-order chi connectivity index (χ0) is 37.1. The molecule has 0 saturated carbocycles. The number of amides is 1. The van der Waals surface area contributed by atoms with Crippen LogP contribution < -0.4 is 11.1 Å². The summed E-state index contributed by atoms with van der Waals surface area (Å²) in [4.78, 5) is 50.2. The summed E-state index contributed by atoms with van der Waals surface area (Å²) in [7, 11) is 0. The molecule has 0 unspecified atom stereocenters. The normalized spacial score (nSPS) is 13.5. The second-order valence-corrected chi connectivity index (χ2v) is 12.6. The van der Waals surface area contributed by atoms with Crippen molar-refractivity contribution in [3.05, 3.63) is 153 Å². The van der Waals surface area contributed by atoms with Gasteiger partial charge in [0, 0.05) is 42.4 Å². The molecule has 4 aromatic heterocycles. The van der Waals surface area contributed by atoms with Gasteiger partial charge in [-0.15, -0.1) is 0 Å². The number of likely N-dealkylation sites (tertiary alicyclic amines) is 1. The van der Waals surface area contributed by atoms with E-state index in [1.54, 1.807) is 75.0 Å². The van der Waals surface area contributed by atoms with Gasteiger partial charge in [0.2, 0.25) is 0 Å². The van der Waals surface area contributed by atoms with Gasteiger partial charge in [-0.1, -0.05) is 12.1 Å². The minimum atomic E-state index is -1.16. The van der Waals surface area contributed by atoms with E-state index in [0.717, 1.165) is 11.4 Å². The molecule has 14 heteroatoms. The lowest BCUT2D eigenvalue weighted by Crippen LogP contribution is -2.49. The van der Waals surface area contributed by atoms with Crippen LogP contribution in [0.2, 0.25) is 0 Å². The number of rotatable bonds is 5.